The number of amides is 1. The summed E-state index contributed by atoms with van der Waals surface area (Å²) >= 11 is 0. The zero-order valence-corrected chi connectivity index (χ0v) is 20.5. The van der Waals surface area contributed by atoms with Crippen molar-refractivity contribution in [1.82, 2.24) is 5.32 Å². The Morgan fingerprint density at radius 3 is 2.31 bits per heavy atom. The van der Waals surface area contributed by atoms with Crippen LogP contribution in [-0.2, 0) is 16.1 Å². The van der Waals surface area contributed by atoms with Gasteiger partial charge in [-0.25, -0.2) is 27.2 Å². The minimum Gasteiger partial charge on any atom is -0.506 e. The molecule has 0 fully saturated rings. The number of aliphatic carboxylic acids is 1. The summed E-state index contributed by atoms with van der Waals surface area (Å²) < 4.78 is 59.1. The quantitative estimate of drug-likeness (QED) is 0.0668. The van der Waals surface area contributed by atoms with Gasteiger partial charge in [0.2, 0.25) is 0 Å². The standard InChI is InChI=1S/C23H24F4N2O6Si/c1-36(2,3)7-6-35-23(34)29-10-12-4-5-16(17(30)8-12)28-11-14(22(32)33)21(31)13-9-15(24)19(26)20(27)18(13)25/h4-5,8-9,11,30-31H,6-7,10H2,1-3H3,(H,29,34)(H,32,33). The highest BCUT2D eigenvalue weighted by molar-refractivity contribution is 6.76. The largest absolute Gasteiger partial charge is 0.506 e. The minimum absolute atomic E-state index is 0.00533. The maximum absolute atomic E-state index is 13.9. The highest BCUT2D eigenvalue weighted by Gasteiger charge is 2.24. The van der Waals surface area contributed by atoms with Gasteiger partial charge in [0.15, 0.2) is 23.3 Å². The molecule has 8 nitrogen and oxygen atoms in total. The van der Waals surface area contributed by atoms with Crippen molar-refractivity contribution in [3.05, 3.63) is 64.2 Å². The maximum Gasteiger partial charge on any atom is 0.407 e. The second-order valence-corrected chi connectivity index (χ2v) is 14.4. The number of halogens is 4. The molecule has 36 heavy (non-hydrogen) atoms. The van der Waals surface area contributed by atoms with Crippen molar-refractivity contribution < 1.29 is 47.2 Å². The number of carbonyl (C=O) groups is 2. The summed E-state index contributed by atoms with van der Waals surface area (Å²) in [5.74, 6) is -11.9. The van der Waals surface area contributed by atoms with Gasteiger partial charge in [0, 0.05) is 20.8 Å². The molecule has 4 N–H and O–H groups in total. The molecule has 194 valence electrons. The van der Waals surface area contributed by atoms with Crippen molar-refractivity contribution in [1.29, 1.82) is 0 Å². The number of nitrogens with one attached hydrogen (secondary N) is 1. The molecule has 1 amide bonds. The molecule has 0 heterocycles. The number of alkyl carbamates (subject to hydrolysis) is 1. The summed E-state index contributed by atoms with van der Waals surface area (Å²) in [6, 6.07) is 4.82. The van der Waals surface area contributed by atoms with E-state index < -0.39 is 66.1 Å². The number of carboxylic acids is 1. The number of aromatic hydroxyl groups is 1. The van der Waals surface area contributed by atoms with Crippen LogP contribution in [0.4, 0.5) is 28.0 Å². The van der Waals surface area contributed by atoms with Gasteiger partial charge in [-0.05, 0) is 29.8 Å². The van der Waals surface area contributed by atoms with Crippen LogP contribution in [-0.4, -0.2) is 48.3 Å². The second kappa shape index (κ2) is 11.7. The molecule has 0 bridgehead atoms. The monoisotopic (exact) mass is 528 g/mol. The third-order valence-corrected chi connectivity index (χ3v) is 6.44. The number of hydrogen-bond donors (Lipinski definition) is 4. The summed E-state index contributed by atoms with van der Waals surface area (Å²) in [7, 11) is -1.36. The van der Waals surface area contributed by atoms with E-state index in [1.54, 1.807) is 0 Å². The number of rotatable bonds is 9. The molecule has 0 spiro atoms. The topological polar surface area (TPSA) is 128 Å². The number of benzene rings is 2. The number of phenols is 1. The highest BCUT2D eigenvalue weighted by Crippen LogP contribution is 2.29. The first kappa shape index (κ1) is 28.4. The van der Waals surface area contributed by atoms with Crippen molar-refractivity contribution >= 4 is 37.8 Å². The Hall–Kier alpha value is -3.87. The molecule has 0 saturated carbocycles. The SMILES string of the molecule is C[Si](C)(C)CCOC(=O)NCc1ccc(N=CC(C(=O)O)=C(O)c2cc(F)c(F)c(F)c2F)c(O)c1. The predicted molar refractivity (Wildman–Crippen MR) is 126 cm³/mol. The lowest BCUT2D eigenvalue weighted by molar-refractivity contribution is -0.132. The molecule has 0 aliphatic rings. The third kappa shape index (κ3) is 7.56. The zero-order chi connectivity index (χ0) is 27.2. The number of aliphatic hydroxyl groups excluding tert-OH is 1. The summed E-state index contributed by atoms with van der Waals surface area (Å²) in [5.41, 5.74) is -2.06. The third-order valence-electron chi connectivity index (χ3n) is 4.74. The Morgan fingerprint density at radius 2 is 1.72 bits per heavy atom. The molecule has 2 rings (SSSR count). The molecular weight excluding hydrogens is 504 g/mol. The normalized spacial score (nSPS) is 12.4. The molecule has 0 atom stereocenters. The zero-order valence-electron chi connectivity index (χ0n) is 19.5. The van der Waals surface area contributed by atoms with Gasteiger partial charge in [0.05, 0.1) is 12.2 Å². The van der Waals surface area contributed by atoms with Crippen molar-refractivity contribution in [3.63, 3.8) is 0 Å². The number of carbonyl (C=O) groups excluding carboxylic acids is 1. The lowest BCUT2D eigenvalue weighted by Gasteiger charge is -2.15. The van der Waals surface area contributed by atoms with Gasteiger partial charge in [0.25, 0.3) is 0 Å². The van der Waals surface area contributed by atoms with Crippen LogP contribution in [0.2, 0.25) is 25.7 Å². The summed E-state index contributed by atoms with van der Waals surface area (Å²) in [6.07, 6.45) is -0.124. The van der Waals surface area contributed by atoms with Gasteiger partial charge in [-0.1, -0.05) is 25.7 Å². The summed E-state index contributed by atoms with van der Waals surface area (Å²) in [4.78, 5) is 27.0. The molecule has 0 aromatic heterocycles. The van der Waals surface area contributed by atoms with E-state index in [0.717, 1.165) is 6.04 Å². The van der Waals surface area contributed by atoms with Gasteiger partial charge in [-0.3, -0.25) is 4.99 Å². The van der Waals surface area contributed by atoms with E-state index in [0.29, 0.717) is 11.8 Å². The van der Waals surface area contributed by atoms with E-state index in [2.05, 4.69) is 30.0 Å². The Kier molecular flexibility index (Phi) is 9.22. The molecule has 13 heteroatoms. The van der Waals surface area contributed by atoms with Crippen LogP contribution in [0.3, 0.4) is 0 Å². The Morgan fingerprint density at radius 1 is 1.06 bits per heavy atom. The molecule has 0 unspecified atom stereocenters. The predicted octanol–water partition coefficient (Wildman–Crippen LogP) is 5.27. The number of aliphatic hydroxyl groups is 1. The summed E-state index contributed by atoms with van der Waals surface area (Å²) in [5, 5.41) is 32.1. The smallest absolute Gasteiger partial charge is 0.407 e. The van der Waals surface area contributed by atoms with E-state index in [1.807, 2.05) is 0 Å². The summed E-state index contributed by atoms with van der Waals surface area (Å²) in [6.45, 7) is 6.70. The van der Waals surface area contributed by atoms with Gasteiger partial charge in [-0.2, -0.15) is 0 Å². The van der Waals surface area contributed by atoms with Crippen LogP contribution in [0.25, 0.3) is 5.76 Å². The highest BCUT2D eigenvalue weighted by atomic mass is 28.3. The van der Waals surface area contributed by atoms with Gasteiger partial charge >= 0.3 is 12.1 Å². The Labute approximate surface area is 204 Å². The molecule has 2 aromatic carbocycles. The van der Waals surface area contributed by atoms with Crippen molar-refractivity contribution in [2.75, 3.05) is 6.61 Å². The number of ether oxygens (including phenoxy) is 1. The van der Waals surface area contributed by atoms with E-state index >= 15 is 0 Å². The van der Waals surface area contributed by atoms with E-state index in [-0.39, 0.29) is 24.9 Å². The average Bonchev–Trinajstić information content (AvgIpc) is 2.78. The van der Waals surface area contributed by atoms with E-state index in [9.17, 15) is 42.5 Å². The molecule has 0 aliphatic carbocycles. The number of aliphatic imine (C=N–C) groups is 1. The molecule has 0 radical (unpaired) electrons. The van der Waals surface area contributed by atoms with Crippen LogP contribution < -0.4 is 5.32 Å². The molecular formula is C23H24F4N2O6Si. The van der Waals surface area contributed by atoms with Crippen LogP contribution >= 0.6 is 0 Å². The molecule has 2 aromatic rings. The van der Waals surface area contributed by atoms with Crippen molar-refractivity contribution in [2.24, 2.45) is 4.99 Å². The van der Waals surface area contributed by atoms with E-state index in [4.69, 9.17) is 4.74 Å². The molecule has 0 aliphatic heterocycles. The number of hydrogen-bond acceptors (Lipinski definition) is 6. The van der Waals surface area contributed by atoms with Crippen molar-refractivity contribution in [3.8, 4) is 5.75 Å². The lowest BCUT2D eigenvalue weighted by Crippen LogP contribution is -2.27. The van der Waals surface area contributed by atoms with Gasteiger partial charge in [0.1, 0.15) is 22.8 Å². The first-order chi connectivity index (χ1) is 16.7. The first-order valence-electron chi connectivity index (χ1n) is 10.5. The number of nitrogens with zero attached hydrogens (tertiary/aromatic N) is 1. The fourth-order valence-corrected chi connectivity index (χ4v) is 3.42. The number of phenolic OH excluding ortho intramolecular Hbond substituents is 1. The van der Waals surface area contributed by atoms with Gasteiger partial charge in [-0.15, -0.1) is 0 Å². The van der Waals surface area contributed by atoms with Crippen LogP contribution in [0, 0.1) is 23.3 Å². The van der Waals surface area contributed by atoms with Crippen LogP contribution in [0.1, 0.15) is 11.1 Å². The van der Waals surface area contributed by atoms with Crippen molar-refractivity contribution in [2.45, 2.75) is 32.2 Å². The second-order valence-electron chi connectivity index (χ2n) is 8.80. The van der Waals surface area contributed by atoms with E-state index in [1.165, 1.54) is 18.2 Å². The Bertz CT molecular complexity index is 1230. The van der Waals surface area contributed by atoms with Crippen LogP contribution in [0.5, 0.6) is 5.75 Å². The fraction of sp³-hybridized carbons (Fsp3) is 0.261. The minimum atomic E-state index is -2.24. The average molecular weight is 529 g/mol. The Balaban J connectivity index is 2.18. The first-order valence-corrected chi connectivity index (χ1v) is 14.2. The van der Waals surface area contributed by atoms with Gasteiger partial charge < -0.3 is 25.4 Å². The fourth-order valence-electron chi connectivity index (χ4n) is 2.71. The molecule has 0 saturated heterocycles. The maximum atomic E-state index is 13.9. The lowest BCUT2D eigenvalue weighted by atomic mass is 10.1. The van der Waals surface area contributed by atoms with Crippen LogP contribution in [0.15, 0.2) is 34.8 Å². The number of carboxylic acid groups (broad SMARTS) is 1.